The quantitative estimate of drug-likeness (QED) is 0.575. The summed E-state index contributed by atoms with van der Waals surface area (Å²) in [4.78, 5) is 0. The van der Waals surface area contributed by atoms with E-state index in [4.69, 9.17) is 0 Å². The molecule has 0 aliphatic heterocycles. The maximum absolute atomic E-state index is 13.0. The standard InChI is InChI=1S/C8H7BrFI/c9-7-2-1-6(3-4-11)8(10)5-7/h1-2,5H,3-4H2. The number of halogens is 3. The first kappa shape index (κ1) is 9.45. The number of alkyl halides is 1. The second kappa shape index (κ2) is 4.40. The minimum Gasteiger partial charge on any atom is -0.207 e. The van der Waals surface area contributed by atoms with E-state index in [0.717, 1.165) is 20.9 Å². The molecule has 0 aliphatic rings. The minimum absolute atomic E-state index is 0.115. The molecule has 0 unspecified atom stereocenters. The molecule has 0 atom stereocenters. The van der Waals surface area contributed by atoms with Gasteiger partial charge in [-0.3, -0.25) is 0 Å². The molecule has 1 aromatic carbocycles. The zero-order chi connectivity index (χ0) is 8.27. The van der Waals surface area contributed by atoms with E-state index in [1.807, 2.05) is 12.1 Å². The zero-order valence-corrected chi connectivity index (χ0v) is 9.52. The summed E-state index contributed by atoms with van der Waals surface area (Å²) >= 11 is 5.44. The summed E-state index contributed by atoms with van der Waals surface area (Å²) in [6.45, 7) is 0. The molecule has 1 aromatic rings. The molecule has 0 fully saturated rings. The van der Waals surface area contributed by atoms with Gasteiger partial charge in [0, 0.05) is 8.90 Å². The fourth-order valence-electron chi connectivity index (χ4n) is 0.826. The number of aryl methyl sites for hydroxylation is 1. The predicted octanol–water partition coefficient (Wildman–Crippen LogP) is 3.57. The molecule has 60 valence electrons. The van der Waals surface area contributed by atoms with E-state index >= 15 is 0 Å². The molecule has 0 N–H and O–H groups in total. The Morgan fingerprint density at radius 2 is 2.18 bits per heavy atom. The Kier molecular flexibility index (Phi) is 3.78. The Bertz CT molecular complexity index is 250. The van der Waals surface area contributed by atoms with Crippen molar-refractivity contribution in [1.82, 2.24) is 0 Å². The summed E-state index contributed by atoms with van der Waals surface area (Å²) in [6.07, 6.45) is 0.805. The molecular weight excluding hydrogens is 322 g/mol. The average Bonchev–Trinajstić information content (AvgIpc) is 1.95. The molecule has 0 aliphatic carbocycles. The van der Waals surface area contributed by atoms with Crippen LogP contribution in [0.15, 0.2) is 22.7 Å². The van der Waals surface area contributed by atoms with Crippen molar-refractivity contribution in [2.24, 2.45) is 0 Å². The van der Waals surface area contributed by atoms with Crippen LogP contribution in [0.4, 0.5) is 4.39 Å². The highest BCUT2D eigenvalue weighted by atomic mass is 127. The van der Waals surface area contributed by atoms with Crippen molar-refractivity contribution < 1.29 is 4.39 Å². The molecule has 0 heterocycles. The van der Waals surface area contributed by atoms with Crippen LogP contribution in [0.3, 0.4) is 0 Å². The highest BCUT2D eigenvalue weighted by Gasteiger charge is 2.00. The van der Waals surface area contributed by atoms with E-state index in [1.54, 1.807) is 0 Å². The van der Waals surface area contributed by atoms with Crippen LogP contribution in [0.5, 0.6) is 0 Å². The summed E-state index contributed by atoms with van der Waals surface area (Å²) < 4.78 is 14.8. The molecule has 1 rings (SSSR count). The second-order valence-corrected chi connectivity index (χ2v) is 4.17. The highest BCUT2D eigenvalue weighted by Crippen LogP contribution is 2.15. The normalized spacial score (nSPS) is 10.1. The Balaban J connectivity index is 2.90. The van der Waals surface area contributed by atoms with Crippen molar-refractivity contribution in [3.8, 4) is 0 Å². The summed E-state index contributed by atoms with van der Waals surface area (Å²) in [6, 6.07) is 5.18. The highest BCUT2D eigenvalue weighted by molar-refractivity contribution is 14.1. The van der Waals surface area contributed by atoms with Crippen LogP contribution in [-0.4, -0.2) is 4.43 Å². The van der Waals surface area contributed by atoms with Gasteiger partial charge in [0.15, 0.2) is 0 Å². The number of rotatable bonds is 2. The van der Waals surface area contributed by atoms with E-state index in [9.17, 15) is 4.39 Å². The van der Waals surface area contributed by atoms with Gasteiger partial charge in [0.05, 0.1) is 0 Å². The van der Waals surface area contributed by atoms with Gasteiger partial charge in [-0.2, -0.15) is 0 Å². The van der Waals surface area contributed by atoms with E-state index in [2.05, 4.69) is 38.5 Å². The lowest BCUT2D eigenvalue weighted by Crippen LogP contribution is -1.90. The minimum atomic E-state index is -0.115. The van der Waals surface area contributed by atoms with Crippen LogP contribution in [0.25, 0.3) is 0 Å². The molecule has 0 amide bonds. The molecule has 0 nitrogen and oxygen atoms in total. The monoisotopic (exact) mass is 328 g/mol. The van der Waals surface area contributed by atoms with Crippen molar-refractivity contribution in [3.05, 3.63) is 34.1 Å². The van der Waals surface area contributed by atoms with Crippen LogP contribution in [-0.2, 0) is 6.42 Å². The third-order valence-electron chi connectivity index (χ3n) is 1.38. The van der Waals surface area contributed by atoms with E-state index in [0.29, 0.717) is 0 Å². The van der Waals surface area contributed by atoms with Crippen molar-refractivity contribution in [1.29, 1.82) is 0 Å². The Hall–Kier alpha value is 0.360. The number of hydrogen-bond donors (Lipinski definition) is 0. The topological polar surface area (TPSA) is 0 Å². The van der Waals surface area contributed by atoms with Gasteiger partial charge < -0.3 is 0 Å². The van der Waals surface area contributed by atoms with Gasteiger partial charge in [-0.1, -0.05) is 44.6 Å². The molecule has 0 saturated carbocycles. The van der Waals surface area contributed by atoms with Crippen molar-refractivity contribution >= 4 is 38.5 Å². The summed E-state index contributed by atoms with van der Waals surface area (Å²) in [5.41, 5.74) is 0.794. The molecule has 11 heavy (non-hydrogen) atoms. The first-order valence-corrected chi connectivity index (χ1v) is 5.56. The van der Waals surface area contributed by atoms with E-state index in [1.165, 1.54) is 6.07 Å². The summed E-state index contributed by atoms with van der Waals surface area (Å²) in [5, 5.41) is 0. The second-order valence-electron chi connectivity index (χ2n) is 2.17. The first-order valence-electron chi connectivity index (χ1n) is 3.24. The lowest BCUT2D eigenvalue weighted by atomic mass is 10.2. The molecule has 0 saturated heterocycles. The summed E-state index contributed by atoms with van der Waals surface area (Å²) in [7, 11) is 0. The zero-order valence-electron chi connectivity index (χ0n) is 5.78. The SMILES string of the molecule is Fc1cc(Br)ccc1CCI. The maximum Gasteiger partial charge on any atom is 0.127 e. The van der Waals surface area contributed by atoms with Gasteiger partial charge in [0.25, 0.3) is 0 Å². The van der Waals surface area contributed by atoms with Gasteiger partial charge in [-0.15, -0.1) is 0 Å². The molecule has 3 heteroatoms. The lowest BCUT2D eigenvalue weighted by Gasteiger charge is -1.99. The first-order chi connectivity index (χ1) is 5.24. The summed E-state index contributed by atoms with van der Waals surface area (Å²) in [5.74, 6) is -0.115. The largest absolute Gasteiger partial charge is 0.207 e. The van der Waals surface area contributed by atoms with Gasteiger partial charge in [-0.25, -0.2) is 4.39 Å². The molecule has 0 aromatic heterocycles. The van der Waals surface area contributed by atoms with Crippen LogP contribution in [0.1, 0.15) is 5.56 Å². The van der Waals surface area contributed by atoms with E-state index in [-0.39, 0.29) is 5.82 Å². The fourth-order valence-corrected chi connectivity index (χ4v) is 1.74. The average molecular weight is 329 g/mol. The van der Waals surface area contributed by atoms with Gasteiger partial charge >= 0.3 is 0 Å². The Morgan fingerprint density at radius 3 is 2.73 bits per heavy atom. The van der Waals surface area contributed by atoms with Crippen LogP contribution in [0.2, 0.25) is 0 Å². The predicted molar refractivity (Wildman–Crippen MR) is 56.7 cm³/mol. The maximum atomic E-state index is 13.0. The van der Waals surface area contributed by atoms with E-state index < -0.39 is 0 Å². The Labute approximate surface area is 87.5 Å². The van der Waals surface area contributed by atoms with Gasteiger partial charge in [0.1, 0.15) is 5.82 Å². The third-order valence-corrected chi connectivity index (χ3v) is 2.41. The van der Waals surface area contributed by atoms with Crippen LogP contribution >= 0.6 is 38.5 Å². The van der Waals surface area contributed by atoms with Crippen LogP contribution < -0.4 is 0 Å². The molecule has 0 radical (unpaired) electrons. The molecule has 0 spiro atoms. The number of benzene rings is 1. The van der Waals surface area contributed by atoms with Crippen molar-refractivity contribution in [2.45, 2.75) is 6.42 Å². The molecule has 0 bridgehead atoms. The van der Waals surface area contributed by atoms with Crippen molar-refractivity contribution in [2.75, 3.05) is 4.43 Å². The fraction of sp³-hybridized carbons (Fsp3) is 0.250. The number of hydrogen-bond acceptors (Lipinski definition) is 0. The van der Waals surface area contributed by atoms with Gasteiger partial charge in [0.2, 0.25) is 0 Å². The third kappa shape index (κ3) is 2.71. The Morgan fingerprint density at radius 1 is 1.45 bits per heavy atom. The molecular formula is C8H7BrFI. The lowest BCUT2D eigenvalue weighted by molar-refractivity contribution is 0.612. The van der Waals surface area contributed by atoms with Crippen molar-refractivity contribution in [3.63, 3.8) is 0 Å². The van der Waals surface area contributed by atoms with Crippen LogP contribution in [0, 0.1) is 5.82 Å². The smallest absolute Gasteiger partial charge is 0.127 e. The van der Waals surface area contributed by atoms with Gasteiger partial charge in [-0.05, 0) is 24.1 Å².